The van der Waals surface area contributed by atoms with Crippen LogP contribution in [0.2, 0.25) is 0 Å². The zero-order valence-corrected chi connectivity index (χ0v) is 13.9. The number of nitrogens with one attached hydrogen (secondary N) is 1. The number of alkyl halides is 3. The number of carbonyl (C=O) groups is 1. The third kappa shape index (κ3) is 4.72. The van der Waals surface area contributed by atoms with E-state index >= 15 is 0 Å². The molecule has 1 N–H and O–H groups in total. The maximum absolute atomic E-state index is 13.7. The van der Waals surface area contributed by atoms with E-state index in [1.165, 1.54) is 24.4 Å². The van der Waals surface area contributed by atoms with E-state index in [1.807, 2.05) is 0 Å². The van der Waals surface area contributed by atoms with Crippen LogP contribution in [0.1, 0.15) is 17.9 Å². The SMILES string of the molecule is O=C(CCc1ncc(-c2ccccc2F)o1)Nc1cccc(C(F)(F)F)c1. The first-order chi connectivity index (χ1) is 12.8. The molecule has 3 rings (SSSR count). The Labute approximate surface area is 151 Å². The summed E-state index contributed by atoms with van der Waals surface area (Å²) in [4.78, 5) is 16.0. The molecule has 27 heavy (non-hydrogen) atoms. The third-order valence-electron chi connectivity index (χ3n) is 3.73. The fourth-order valence-electron chi connectivity index (χ4n) is 2.43. The van der Waals surface area contributed by atoms with E-state index in [9.17, 15) is 22.4 Å². The second kappa shape index (κ2) is 7.61. The highest BCUT2D eigenvalue weighted by Gasteiger charge is 2.30. The van der Waals surface area contributed by atoms with Gasteiger partial charge in [0.15, 0.2) is 11.7 Å². The number of aromatic nitrogens is 1. The first-order valence-electron chi connectivity index (χ1n) is 7.99. The van der Waals surface area contributed by atoms with Crippen LogP contribution >= 0.6 is 0 Å². The van der Waals surface area contributed by atoms with Crippen LogP contribution in [-0.4, -0.2) is 10.9 Å². The van der Waals surface area contributed by atoms with Gasteiger partial charge < -0.3 is 9.73 Å². The lowest BCUT2D eigenvalue weighted by Crippen LogP contribution is -2.13. The van der Waals surface area contributed by atoms with Crippen molar-refractivity contribution in [1.82, 2.24) is 4.98 Å². The largest absolute Gasteiger partial charge is 0.441 e. The average Bonchev–Trinajstić information content (AvgIpc) is 3.09. The Hall–Kier alpha value is -3.16. The summed E-state index contributed by atoms with van der Waals surface area (Å²) < 4.78 is 57.2. The normalized spacial score (nSPS) is 11.4. The Balaban J connectivity index is 1.60. The minimum absolute atomic E-state index is 0.0481. The van der Waals surface area contributed by atoms with Gasteiger partial charge in [-0.3, -0.25) is 4.79 Å². The van der Waals surface area contributed by atoms with Crippen molar-refractivity contribution in [2.24, 2.45) is 0 Å². The van der Waals surface area contributed by atoms with Crippen LogP contribution in [0.15, 0.2) is 59.1 Å². The second-order valence-electron chi connectivity index (χ2n) is 5.72. The summed E-state index contributed by atoms with van der Waals surface area (Å²) in [6.07, 6.45) is -3.05. The van der Waals surface area contributed by atoms with Gasteiger partial charge in [0.05, 0.1) is 17.3 Å². The minimum atomic E-state index is -4.48. The summed E-state index contributed by atoms with van der Waals surface area (Å²) in [6.45, 7) is 0. The molecule has 0 unspecified atom stereocenters. The van der Waals surface area contributed by atoms with Crippen molar-refractivity contribution >= 4 is 11.6 Å². The van der Waals surface area contributed by atoms with Gasteiger partial charge in [0.2, 0.25) is 5.91 Å². The van der Waals surface area contributed by atoms with Gasteiger partial charge in [0, 0.05) is 18.5 Å². The summed E-state index contributed by atoms with van der Waals surface area (Å²) in [5.41, 5.74) is -0.540. The quantitative estimate of drug-likeness (QED) is 0.631. The number of hydrogen-bond donors (Lipinski definition) is 1. The van der Waals surface area contributed by atoms with Crippen LogP contribution in [-0.2, 0) is 17.4 Å². The van der Waals surface area contributed by atoms with Crippen LogP contribution < -0.4 is 5.32 Å². The Morgan fingerprint density at radius 2 is 1.89 bits per heavy atom. The summed E-state index contributed by atoms with van der Waals surface area (Å²) in [6, 6.07) is 10.4. The van der Waals surface area contributed by atoms with E-state index in [4.69, 9.17) is 4.42 Å². The molecule has 0 aliphatic heterocycles. The predicted octanol–water partition coefficient (Wildman–Crippen LogP) is 5.07. The third-order valence-corrected chi connectivity index (χ3v) is 3.73. The summed E-state index contributed by atoms with van der Waals surface area (Å²) in [5.74, 6) is -0.476. The van der Waals surface area contributed by atoms with Gasteiger partial charge in [-0.15, -0.1) is 0 Å². The number of aryl methyl sites for hydroxylation is 1. The number of halogens is 4. The van der Waals surface area contributed by atoms with Gasteiger partial charge in [-0.2, -0.15) is 13.2 Å². The smallest absolute Gasteiger partial charge is 0.416 e. The molecular weight excluding hydrogens is 364 g/mol. The zero-order valence-electron chi connectivity index (χ0n) is 13.9. The molecular formula is C19H14F4N2O2. The summed E-state index contributed by atoms with van der Waals surface area (Å²) in [7, 11) is 0. The van der Waals surface area contributed by atoms with Crippen molar-refractivity contribution < 1.29 is 26.8 Å². The average molecular weight is 378 g/mol. The van der Waals surface area contributed by atoms with Gasteiger partial charge in [-0.1, -0.05) is 18.2 Å². The van der Waals surface area contributed by atoms with Crippen molar-refractivity contribution in [3.8, 4) is 11.3 Å². The number of amides is 1. The van der Waals surface area contributed by atoms with E-state index in [0.29, 0.717) is 0 Å². The van der Waals surface area contributed by atoms with Gasteiger partial charge in [-0.25, -0.2) is 9.37 Å². The summed E-state index contributed by atoms with van der Waals surface area (Å²) in [5, 5.41) is 2.40. The molecule has 1 aromatic heterocycles. The number of anilines is 1. The molecule has 1 heterocycles. The highest BCUT2D eigenvalue weighted by atomic mass is 19.4. The Morgan fingerprint density at radius 1 is 1.11 bits per heavy atom. The molecule has 0 bridgehead atoms. The highest BCUT2D eigenvalue weighted by molar-refractivity contribution is 5.90. The molecule has 3 aromatic rings. The molecule has 1 amide bonds. The Kier molecular flexibility index (Phi) is 5.25. The molecule has 0 aliphatic rings. The Morgan fingerprint density at radius 3 is 2.63 bits per heavy atom. The molecule has 0 saturated carbocycles. The molecule has 140 valence electrons. The predicted molar refractivity (Wildman–Crippen MR) is 90.3 cm³/mol. The van der Waals surface area contributed by atoms with E-state index < -0.39 is 23.5 Å². The molecule has 0 spiro atoms. The highest BCUT2D eigenvalue weighted by Crippen LogP contribution is 2.30. The molecule has 8 heteroatoms. The lowest BCUT2D eigenvalue weighted by atomic mass is 10.2. The van der Waals surface area contributed by atoms with Gasteiger partial charge >= 0.3 is 6.18 Å². The van der Waals surface area contributed by atoms with Crippen molar-refractivity contribution in [1.29, 1.82) is 0 Å². The molecule has 0 saturated heterocycles. The lowest BCUT2D eigenvalue weighted by Gasteiger charge is -2.09. The maximum Gasteiger partial charge on any atom is 0.416 e. The number of oxazole rings is 1. The number of rotatable bonds is 5. The molecule has 0 aliphatic carbocycles. The molecule has 4 nitrogen and oxygen atoms in total. The second-order valence-corrected chi connectivity index (χ2v) is 5.72. The van der Waals surface area contributed by atoms with E-state index in [1.54, 1.807) is 18.2 Å². The van der Waals surface area contributed by atoms with Crippen molar-refractivity contribution in [3.05, 3.63) is 72.0 Å². The first kappa shape index (κ1) is 18.6. The van der Waals surface area contributed by atoms with Gasteiger partial charge in [0.1, 0.15) is 5.82 Å². The molecule has 0 fully saturated rings. The van der Waals surface area contributed by atoms with Crippen LogP contribution in [0.5, 0.6) is 0 Å². The zero-order chi connectivity index (χ0) is 19.4. The fourth-order valence-corrected chi connectivity index (χ4v) is 2.43. The van der Waals surface area contributed by atoms with E-state index in [0.717, 1.165) is 12.1 Å². The van der Waals surface area contributed by atoms with Crippen LogP contribution in [0, 0.1) is 5.82 Å². The first-order valence-corrected chi connectivity index (χ1v) is 7.99. The minimum Gasteiger partial charge on any atom is -0.441 e. The lowest BCUT2D eigenvalue weighted by molar-refractivity contribution is -0.137. The molecule has 2 aromatic carbocycles. The van der Waals surface area contributed by atoms with E-state index in [2.05, 4.69) is 10.3 Å². The van der Waals surface area contributed by atoms with Crippen LogP contribution in [0.4, 0.5) is 23.2 Å². The fraction of sp³-hybridized carbons (Fsp3) is 0.158. The standard InChI is InChI=1S/C19H14F4N2O2/c20-15-7-2-1-6-14(15)16-11-24-18(27-16)9-8-17(26)25-13-5-3-4-12(10-13)19(21,22)23/h1-7,10-11H,8-9H2,(H,25,26). The Bertz CT molecular complexity index is 951. The number of nitrogens with zero attached hydrogens (tertiary/aromatic N) is 1. The monoisotopic (exact) mass is 378 g/mol. The molecule has 0 radical (unpaired) electrons. The summed E-state index contributed by atoms with van der Waals surface area (Å²) >= 11 is 0. The van der Waals surface area contributed by atoms with Crippen LogP contribution in [0.3, 0.4) is 0 Å². The number of hydrogen-bond acceptors (Lipinski definition) is 3. The van der Waals surface area contributed by atoms with Crippen molar-refractivity contribution in [2.45, 2.75) is 19.0 Å². The van der Waals surface area contributed by atoms with Gasteiger partial charge in [-0.05, 0) is 30.3 Å². The molecule has 0 atom stereocenters. The maximum atomic E-state index is 13.7. The van der Waals surface area contributed by atoms with Gasteiger partial charge in [0.25, 0.3) is 0 Å². The van der Waals surface area contributed by atoms with E-state index in [-0.39, 0.29) is 35.7 Å². The van der Waals surface area contributed by atoms with Crippen molar-refractivity contribution in [3.63, 3.8) is 0 Å². The number of carbonyl (C=O) groups excluding carboxylic acids is 1. The number of benzene rings is 2. The van der Waals surface area contributed by atoms with Crippen molar-refractivity contribution in [2.75, 3.05) is 5.32 Å². The van der Waals surface area contributed by atoms with Crippen LogP contribution in [0.25, 0.3) is 11.3 Å². The topological polar surface area (TPSA) is 55.1 Å².